The van der Waals surface area contributed by atoms with Crippen molar-refractivity contribution in [3.05, 3.63) is 59.5 Å². The van der Waals surface area contributed by atoms with E-state index < -0.39 is 23.7 Å². The second-order valence-electron chi connectivity index (χ2n) is 6.17. The molecule has 1 N–H and O–H groups in total. The lowest BCUT2D eigenvalue weighted by Crippen LogP contribution is -2.47. The molecule has 152 valence electrons. The van der Waals surface area contributed by atoms with Crippen molar-refractivity contribution in [1.82, 2.24) is 10.2 Å². The molecule has 0 aliphatic carbocycles. The topological polar surface area (TPSA) is 62.6 Å². The van der Waals surface area contributed by atoms with E-state index in [4.69, 9.17) is 4.42 Å². The van der Waals surface area contributed by atoms with Gasteiger partial charge in [0.15, 0.2) is 5.76 Å². The number of halogens is 3. The van der Waals surface area contributed by atoms with E-state index in [-0.39, 0.29) is 18.2 Å². The highest BCUT2D eigenvalue weighted by atomic mass is 32.2. The summed E-state index contributed by atoms with van der Waals surface area (Å²) in [6, 6.07) is 6.96. The van der Waals surface area contributed by atoms with Crippen LogP contribution in [-0.4, -0.2) is 41.8 Å². The second-order valence-corrected chi connectivity index (χ2v) is 7.16. The van der Waals surface area contributed by atoms with E-state index in [1.54, 1.807) is 13.1 Å². The van der Waals surface area contributed by atoms with Gasteiger partial charge in [0.2, 0.25) is 5.91 Å². The van der Waals surface area contributed by atoms with E-state index in [0.717, 1.165) is 12.1 Å². The van der Waals surface area contributed by atoms with Crippen LogP contribution in [0.3, 0.4) is 0 Å². The van der Waals surface area contributed by atoms with Crippen LogP contribution in [0.5, 0.6) is 0 Å². The summed E-state index contributed by atoms with van der Waals surface area (Å²) in [7, 11) is 1.55. The molecule has 0 saturated carbocycles. The molecule has 0 spiro atoms. The number of thioether (sulfide) groups is 1. The molecule has 0 bridgehead atoms. The Balaban J connectivity index is 2.04. The van der Waals surface area contributed by atoms with Gasteiger partial charge in [0.1, 0.15) is 6.04 Å². The minimum atomic E-state index is -4.40. The SMILES string of the molecule is CSCCC(NC(=O)c1ccco1)C(=O)N(C)Cc1ccc(C(F)(F)F)cc1. The number of alkyl halides is 3. The van der Waals surface area contributed by atoms with Crippen molar-refractivity contribution in [2.75, 3.05) is 19.1 Å². The molecule has 0 radical (unpaired) electrons. The van der Waals surface area contributed by atoms with Crippen LogP contribution in [0, 0.1) is 0 Å². The number of amides is 2. The predicted octanol–water partition coefficient (Wildman–Crippen LogP) is 3.81. The molecule has 0 fully saturated rings. The minimum Gasteiger partial charge on any atom is -0.459 e. The maximum Gasteiger partial charge on any atom is 0.416 e. The third kappa shape index (κ3) is 6.05. The molecule has 1 aromatic carbocycles. The fourth-order valence-corrected chi connectivity index (χ4v) is 3.02. The largest absolute Gasteiger partial charge is 0.459 e. The lowest BCUT2D eigenvalue weighted by Gasteiger charge is -2.24. The van der Waals surface area contributed by atoms with Crippen molar-refractivity contribution < 1.29 is 27.2 Å². The minimum absolute atomic E-state index is 0.104. The first-order chi connectivity index (χ1) is 13.2. The van der Waals surface area contributed by atoms with Gasteiger partial charge in [0, 0.05) is 13.6 Å². The summed E-state index contributed by atoms with van der Waals surface area (Å²) in [5.41, 5.74) is -0.182. The lowest BCUT2D eigenvalue weighted by atomic mass is 10.1. The van der Waals surface area contributed by atoms with Gasteiger partial charge in [0.05, 0.1) is 11.8 Å². The maximum atomic E-state index is 12.8. The molecular formula is C19H21F3N2O3S. The standard InChI is InChI=1S/C19H21F3N2O3S/c1-24(12-13-5-7-14(8-6-13)19(20,21)22)18(26)15(9-11-28-2)23-17(25)16-4-3-10-27-16/h3-8,10,15H,9,11-12H2,1-2H3,(H,23,25). The van der Waals surface area contributed by atoms with Crippen LogP contribution in [0.2, 0.25) is 0 Å². The molecule has 2 amide bonds. The van der Waals surface area contributed by atoms with Crippen molar-refractivity contribution in [2.45, 2.75) is 25.2 Å². The number of hydrogen-bond donors (Lipinski definition) is 1. The highest BCUT2D eigenvalue weighted by molar-refractivity contribution is 7.98. The Morgan fingerprint density at radius 1 is 1.21 bits per heavy atom. The Morgan fingerprint density at radius 2 is 1.89 bits per heavy atom. The zero-order valence-electron chi connectivity index (χ0n) is 15.5. The Kier molecular flexibility index (Phi) is 7.56. The van der Waals surface area contributed by atoms with Gasteiger partial charge < -0.3 is 14.6 Å². The monoisotopic (exact) mass is 414 g/mol. The van der Waals surface area contributed by atoms with Gasteiger partial charge in [-0.25, -0.2) is 0 Å². The zero-order chi connectivity index (χ0) is 20.7. The van der Waals surface area contributed by atoms with Crippen molar-refractivity contribution >= 4 is 23.6 Å². The van der Waals surface area contributed by atoms with Gasteiger partial charge in [0.25, 0.3) is 5.91 Å². The Hall–Kier alpha value is -2.42. The number of nitrogens with zero attached hydrogens (tertiary/aromatic N) is 1. The van der Waals surface area contributed by atoms with E-state index in [2.05, 4.69) is 5.32 Å². The molecular weight excluding hydrogens is 393 g/mol. The van der Waals surface area contributed by atoms with Crippen LogP contribution in [0.15, 0.2) is 47.1 Å². The summed E-state index contributed by atoms with van der Waals surface area (Å²) in [6.07, 6.45) is -0.727. The summed E-state index contributed by atoms with van der Waals surface area (Å²) in [6.45, 7) is 0.128. The van der Waals surface area contributed by atoms with Crippen LogP contribution in [-0.2, 0) is 17.5 Å². The molecule has 0 saturated heterocycles. The Labute approximate surface area is 165 Å². The van der Waals surface area contributed by atoms with Crippen molar-refractivity contribution in [1.29, 1.82) is 0 Å². The molecule has 1 heterocycles. The zero-order valence-corrected chi connectivity index (χ0v) is 16.3. The number of furan rings is 1. The van der Waals surface area contributed by atoms with Gasteiger partial charge in [-0.15, -0.1) is 0 Å². The third-order valence-electron chi connectivity index (χ3n) is 4.04. The van der Waals surface area contributed by atoms with E-state index in [9.17, 15) is 22.8 Å². The van der Waals surface area contributed by atoms with Crippen LogP contribution < -0.4 is 5.32 Å². The van der Waals surface area contributed by atoms with Crippen LogP contribution >= 0.6 is 11.8 Å². The number of hydrogen-bond acceptors (Lipinski definition) is 4. The normalized spacial score (nSPS) is 12.5. The average Bonchev–Trinajstić information content (AvgIpc) is 3.19. The lowest BCUT2D eigenvalue weighted by molar-refractivity contribution is -0.137. The number of carbonyl (C=O) groups excluding carboxylic acids is 2. The van der Waals surface area contributed by atoms with Gasteiger partial charge in [-0.3, -0.25) is 9.59 Å². The number of likely N-dealkylation sites (N-methyl/N-ethyl adjacent to an activating group) is 1. The van der Waals surface area contributed by atoms with E-state index in [0.29, 0.717) is 17.7 Å². The molecule has 1 aromatic heterocycles. The summed E-state index contributed by atoms with van der Waals surface area (Å²) in [4.78, 5) is 26.4. The van der Waals surface area contributed by atoms with Crippen molar-refractivity contribution in [3.8, 4) is 0 Å². The Morgan fingerprint density at radius 3 is 2.43 bits per heavy atom. The summed E-state index contributed by atoms with van der Waals surface area (Å²) in [5, 5.41) is 2.66. The molecule has 5 nitrogen and oxygen atoms in total. The Bertz CT molecular complexity index is 777. The van der Waals surface area contributed by atoms with Crippen LogP contribution in [0.1, 0.15) is 28.1 Å². The number of rotatable bonds is 8. The summed E-state index contributed by atoms with van der Waals surface area (Å²) in [5.74, 6) is -0.0586. The number of nitrogens with one attached hydrogen (secondary N) is 1. The molecule has 28 heavy (non-hydrogen) atoms. The molecule has 2 rings (SSSR count). The van der Waals surface area contributed by atoms with E-state index in [1.165, 1.54) is 41.1 Å². The van der Waals surface area contributed by atoms with Gasteiger partial charge in [-0.2, -0.15) is 24.9 Å². The number of benzene rings is 1. The molecule has 0 aliphatic heterocycles. The number of carbonyl (C=O) groups is 2. The highest BCUT2D eigenvalue weighted by Gasteiger charge is 2.30. The molecule has 9 heteroatoms. The third-order valence-corrected chi connectivity index (χ3v) is 4.68. The summed E-state index contributed by atoms with van der Waals surface area (Å²) < 4.78 is 43.0. The second kappa shape index (κ2) is 9.68. The smallest absolute Gasteiger partial charge is 0.416 e. The van der Waals surface area contributed by atoms with Gasteiger partial charge >= 0.3 is 6.18 Å². The molecule has 2 aromatic rings. The van der Waals surface area contributed by atoms with Gasteiger partial charge in [-0.1, -0.05) is 12.1 Å². The fraction of sp³-hybridized carbons (Fsp3) is 0.368. The molecule has 1 atom stereocenters. The van der Waals surface area contributed by atoms with Crippen LogP contribution in [0.4, 0.5) is 13.2 Å². The highest BCUT2D eigenvalue weighted by Crippen LogP contribution is 2.29. The maximum absolute atomic E-state index is 12.8. The first kappa shape index (κ1) is 21.9. The quantitative estimate of drug-likeness (QED) is 0.714. The first-order valence-electron chi connectivity index (χ1n) is 8.46. The predicted molar refractivity (Wildman–Crippen MR) is 101 cm³/mol. The first-order valence-corrected chi connectivity index (χ1v) is 9.86. The molecule has 0 aliphatic rings. The van der Waals surface area contributed by atoms with Crippen molar-refractivity contribution in [2.24, 2.45) is 0 Å². The average molecular weight is 414 g/mol. The molecule has 1 unspecified atom stereocenters. The summed E-state index contributed by atoms with van der Waals surface area (Å²) >= 11 is 1.54. The van der Waals surface area contributed by atoms with E-state index >= 15 is 0 Å². The van der Waals surface area contributed by atoms with E-state index in [1.807, 2.05) is 6.26 Å². The van der Waals surface area contributed by atoms with Crippen molar-refractivity contribution in [3.63, 3.8) is 0 Å². The van der Waals surface area contributed by atoms with Crippen LogP contribution in [0.25, 0.3) is 0 Å². The fourth-order valence-electron chi connectivity index (χ4n) is 2.55. The van der Waals surface area contributed by atoms with Gasteiger partial charge in [-0.05, 0) is 48.3 Å².